The molecule has 1 unspecified atom stereocenters. The zero-order valence-corrected chi connectivity index (χ0v) is 14.5. The number of nitrogens with zero attached hydrogens (tertiary/aromatic N) is 1. The van der Waals surface area contributed by atoms with Gasteiger partial charge in [-0.1, -0.05) is 12.1 Å². The molecular formula is C16H23NO6S. The Kier molecular flexibility index (Phi) is 6.59. The lowest BCUT2D eigenvalue weighted by Gasteiger charge is -2.27. The highest BCUT2D eigenvalue weighted by atomic mass is 32.2. The van der Waals surface area contributed by atoms with Crippen molar-refractivity contribution in [2.45, 2.75) is 12.5 Å². The number of para-hydroxylation sites is 1. The molecule has 1 aromatic rings. The number of carbonyl (C=O) groups is 1. The summed E-state index contributed by atoms with van der Waals surface area (Å²) in [4.78, 5) is 13.2. The Morgan fingerprint density at radius 3 is 2.62 bits per heavy atom. The molecule has 0 radical (unpaired) electrons. The molecule has 1 aromatic carbocycles. The van der Waals surface area contributed by atoms with Gasteiger partial charge in [0.2, 0.25) is 0 Å². The maximum absolute atomic E-state index is 11.7. The summed E-state index contributed by atoms with van der Waals surface area (Å²) in [6.07, 6.45) is 0.609. The van der Waals surface area contributed by atoms with Crippen LogP contribution >= 0.6 is 0 Å². The van der Waals surface area contributed by atoms with Crippen molar-refractivity contribution in [2.24, 2.45) is 0 Å². The monoisotopic (exact) mass is 357 g/mol. The van der Waals surface area contributed by atoms with Gasteiger partial charge in [-0.15, -0.1) is 0 Å². The number of ether oxygens (including phenoxy) is 2. The molecule has 2 rings (SSSR count). The van der Waals surface area contributed by atoms with Gasteiger partial charge in [-0.2, -0.15) is 0 Å². The van der Waals surface area contributed by atoms with E-state index in [1.807, 2.05) is 4.90 Å². The van der Waals surface area contributed by atoms with Crippen molar-refractivity contribution in [1.29, 1.82) is 0 Å². The molecule has 1 aliphatic rings. The van der Waals surface area contributed by atoms with Crippen LogP contribution in [0.5, 0.6) is 5.75 Å². The number of carboxylic acid groups (broad SMARTS) is 1. The minimum absolute atomic E-state index is 0.0385. The van der Waals surface area contributed by atoms with E-state index in [0.29, 0.717) is 31.9 Å². The summed E-state index contributed by atoms with van der Waals surface area (Å²) in [7, 11) is -1.36. The van der Waals surface area contributed by atoms with Crippen LogP contribution in [0.4, 0.5) is 0 Å². The number of aromatic carboxylic acids is 1. The lowest BCUT2D eigenvalue weighted by atomic mass is 10.2. The van der Waals surface area contributed by atoms with Gasteiger partial charge in [0.05, 0.1) is 18.1 Å². The van der Waals surface area contributed by atoms with Gasteiger partial charge in [0.25, 0.3) is 0 Å². The molecule has 0 aliphatic carbocycles. The van der Waals surface area contributed by atoms with Crippen molar-refractivity contribution in [3.8, 4) is 5.75 Å². The smallest absolute Gasteiger partial charge is 0.339 e. The summed E-state index contributed by atoms with van der Waals surface area (Å²) in [6, 6.07) is 6.43. The second kappa shape index (κ2) is 8.46. The van der Waals surface area contributed by atoms with Crippen LogP contribution < -0.4 is 4.74 Å². The first kappa shape index (κ1) is 18.7. The molecule has 1 atom stereocenters. The van der Waals surface area contributed by atoms with Gasteiger partial charge in [0.15, 0.2) is 9.84 Å². The average Bonchev–Trinajstić information content (AvgIpc) is 2.90. The number of methoxy groups -OCH3 is 1. The summed E-state index contributed by atoms with van der Waals surface area (Å²) >= 11 is 0. The fraction of sp³-hybridized carbons (Fsp3) is 0.562. The molecule has 0 spiro atoms. The highest BCUT2D eigenvalue weighted by Gasteiger charge is 2.32. The molecule has 24 heavy (non-hydrogen) atoms. The van der Waals surface area contributed by atoms with E-state index >= 15 is 0 Å². The lowest BCUT2D eigenvalue weighted by Crippen LogP contribution is -2.41. The molecule has 8 heteroatoms. The predicted octanol–water partition coefficient (Wildman–Crippen LogP) is 0.899. The molecule has 1 fully saturated rings. The third-order valence-electron chi connectivity index (χ3n) is 4.06. The van der Waals surface area contributed by atoms with Crippen molar-refractivity contribution < 1.29 is 27.8 Å². The van der Waals surface area contributed by atoms with Gasteiger partial charge >= 0.3 is 5.97 Å². The number of rotatable bonds is 9. The Morgan fingerprint density at radius 2 is 2.00 bits per heavy atom. The standard InChI is InChI=1S/C16H23NO6S/c1-22-9-7-17(13-6-11-24(20,21)12-13)8-10-23-15-5-3-2-4-14(15)16(18)19/h2-5,13H,6-12H2,1H3,(H,18,19). The van der Waals surface area contributed by atoms with Crippen LogP contribution in [0, 0.1) is 0 Å². The molecule has 7 nitrogen and oxygen atoms in total. The Labute approximate surface area is 142 Å². The van der Waals surface area contributed by atoms with Crippen molar-refractivity contribution in [3.63, 3.8) is 0 Å². The number of hydrogen-bond donors (Lipinski definition) is 1. The van der Waals surface area contributed by atoms with Crippen molar-refractivity contribution >= 4 is 15.8 Å². The van der Waals surface area contributed by atoms with Gasteiger partial charge in [0.1, 0.15) is 17.9 Å². The molecule has 1 saturated heterocycles. The van der Waals surface area contributed by atoms with Gasteiger partial charge in [-0.25, -0.2) is 13.2 Å². The van der Waals surface area contributed by atoms with Crippen LogP contribution in [0.15, 0.2) is 24.3 Å². The third-order valence-corrected chi connectivity index (χ3v) is 5.81. The zero-order chi connectivity index (χ0) is 17.6. The molecule has 0 aromatic heterocycles. The SMILES string of the molecule is COCCN(CCOc1ccccc1C(=O)O)C1CCS(=O)(=O)C1. The Balaban J connectivity index is 1.95. The first-order valence-corrected chi connectivity index (χ1v) is 9.63. The predicted molar refractivity (Wildman–Crippen MR) is 89.4 cm³/mol. The van der Waals surface area contributed by atoms with Gasteiger partial charge in [-0.3, -0.25) is 4.90 Å². The third kappa shape index (κ3) is 5.19. The van der Waals surface area contributed by atoms with Crippen molar-refractivity contribution in [2.75, 3.05) is 44.9 Å². The van der Waals surface area contributed by atoms with Gasteiger partial charge in [-0.05, 0) is 18.6 Å². The number of hydrogen-bond acceptors (Lipinski definition) is 6. The Bertz CT molecular complexity index is 660. The second-order valence-electron chi connectivity index (χ2n) is 5.74. The highest BCUT2D eigenvalue weighted by Crippen LogP contribution is 2.19. The molecule has 1 heterocycles. The summed E-state index contributed by atoms with van der Waals surface area (Å²) in [5.41, 5.74) is 0.115. The molecule has 0 amide bonds. The maximum atomic E-state index is 11.7. The Morgan fingerprint density at radius 1 is 1.29 bits per heavy atom. The van der Waals surface area contributed by atoms with Crippen LogP contribution in [0.3, 0.4) is 0 Å². The van der Waals surface area contributed by atoms with E-state index in [1.54, 1.807) is 25.3 Å². The van der Waals surface area contributed by atoms with E-state index in [1.165, 1.54) is 6.07 Å². The van der Waals surface area contributed by atoms with Crippen LogP contribution in [0.2, 0.25) is 0 Å². The van der Waals surface area contributed by atoms with E-state index < -0.39 is 15.8 Å². The second-order valence-corrected chi connectivity index (χ2v) is 7.96. The maximum Gasteiger partial charge on any atom is 0.339 e. The number of benzene rings is 1. The van der Waals surface area contributed by atoms with E-state index in [9.17, 15) is 13.2 Å². The fourth-order valence-electron chi connectivity index (χ4n) is 2.79. The van der Waals surface area contributed by atoms with Crippen LogP contribution in [-0.2, 0) is 14.6 Å². The molecule has 0 saturated carbocycles. The van der Waals surface area contributed by atoms with Crippen LogP contribution in [0.1, 0.15) is 16.8 Å². The Hall–Kier alpha value is -1.64. The molecule has 0 bridgehead atoms. The van der Waals surface area contributed by atoms with E-state index in [-0.39, 0.29) is 29.7 Å². The average molecular weight is 357 g/mol. The lowest BCUT2D eigenvalue weighted by molar-refractivity contribution is 0.0690. The van der Waals surface area contributed by atoms with E-state index in [2.05, 4.69) is 0 Å². The number of carboxylic acids is 1. The van der Waals surface area contributed by atoms with E-state index in [4.69, 9.17) is 14.6 Å². The van der Waals surface area contributed by atoms with Crippen molar-refractivity contribution in [3.05, 3.63) is 29.8 Å². The summed E-state index contributed by atoms with van der Waals surface area (Å²) < 4.78 is 34.1. The van der Waals surface area contributed by atoms with Crippen molar-refractivity contribution in [1.82, 2.24) is 4.90 Å². The quantitative estimate of drug-likeness (QED) is 0.702. The molecule has 1 aliphatic heterocycles. The molecule has 1 N–H and O–H groups in total. The first-order chi connectivity index (χ1) is 11.4. The van der Waals surface area contributed by atoms with Crippen LogP contribution in [-0.4, -0.2) is 75.4 Å². The minimum atomic E-state index is -2.96. The van der Waals surface area contributed by atoms with E-state index in [0.717, 1.165) is 0 Å². The number of sulfone groups is 1. The fourth-order valence-corrected chi connectivity index (χ4v) is 4.55. The normalized spacial score (nSPS) is 19.5. The largest absolute Gasteiger partial charge is 0.491 e. The zero-order valence-electron chi connectivity index (χ0n) is 13.7. The molecular weight excluding hydrogens is 334 g/mol. The highest BCUT2D eigenvalue weighted by molar-refractivity contribution is 7.91. The van der Waals surface area contributed by atoms with Gasteiger partial charge < -0.3 is 14.6 Å². The summed E-state index contributed by atoms with van der Waals surface area (Å²) in [5, 5.41) is 9.15. The first-order valence-electron chi connectivity index (χ1n) is 7.81. The van der Waals surface area contributed by atoms with Crippen LogP contribution in [0.25, 0.3) is 0 Å². The minimum Gasteiger partial charge on any atom is -0.491 e. The molecule has 134 valence electrons. The topological polar surface area (TPSA) is 93.1 Å². The van der Waals surface area contributed by atoms with Gasteiger partial charge in [0, 0.05) is 26.2 Å². The summed E-state index contributed by atoms with van der Waals surface area (Å²) in [5.74, 6) is -0.355. The summed E-state index contributed by atoms with van der Waals surface area (Å²) in [6.45, 7) is 1.91.